The Hall–Kier alpha value is -2.24. The second-order valence-corrected chi connectivity index (χ2v) is 7.78. The number of nitrogens with zero attached hydrogens (tertiary/aromatic N) is 3. The Kier molecular flexibility index (Phi) is 4.39. The lowest BCUT2D eigenvalue weighted by Crippen LogP contribution is -2.52. The number of benzene rings is 1. The molecule has 0 saturated carbocycles. The summed E-state index contributed by atoms with van der Waals surface area (Å²) in [4.78, 5) is 23.1. The van der Waals surface area contributed by atoms with Crippen LogP contribution >= 0.6 is 11.6 Å². The van der Waals surface area contributed by atoms with Crippen molar-refractivity contribution in [2.24, 2.45) is 0 Å². The molecule has 0 bridgehead atoms. The Morgan fingerprint density at radius 1 is 1.48 bits per heavy atom. The first-order valence-corrected chi connectivity index (χ1v) is 8.98. The summed E-state index contributed by atoms with van der Waals surface area (Å²) in [6.07, 6.45) is 0. The Morgan fingerprint density at radius 2 is 2.20 bits per heavy atom. The highest BCUT2D eigenvalue weighted by molar-refractivity contribution is 7.88. The molecule has 134 valence electrons. The quantitative estimate of drug-likeness (QED) is 0.766. The molecule has 1 unspecified atom stereocenters. The van der Waals surface area contributed by atoms with Crippen LogP contribution in [0.3, 0.4) is 0 Å². The van der Waals surface area contributed by atoms with Gasteiger partial charge in [-0.25, -0.2) is 22.7 Å². The molecule has 9 nitrogen and oxygen atoms in total. The third kappa shape index (κ3) is 3.30. The zero-order chi connectivity index (χ0) is 18.4. The molecule has 2 heterocycles. The molecule has 12 heteroatoms. The summed E-state index contributed by atoms with van der Waals surface area (Å²) in [6, 6.07) is 1.80. The van der Waals surface area contributed by atoms with E-state index in [4.69, 9.17) is 11.6 Å². The van der Waals surface area contributed by atoms with Crippen molar-refractivity contribution in [3.05, 3.63) is 50.9 Å². The maximum Gasteiger partial charge on any atom is 0.343 e. The first kappa shape index (κ1) is 17.6. The van der Waals surface area contributed by atoms with Crippen LogP contribution in [0.2, 0.25) is 5.02 Å². The third-order valence-corrected chi connectivity index (χ3v) is 5.97. The molecule has 0 amide bonds. The number of H-pyrrole nitrogens is 1. The van der Waals surface area contributed by atoms with Crippen molar-refractivity contribution < 1.29 is 22.7 Å². The fraction of sp³-hybridized carbons (Fsp3) is 0.308. The molecule has 0 spiro atoms. The van der Waals surface area contributed by atoms with Crippen molar-refractivity contribution >= 4 is 27.6 Å². The SMILES string of the molecule is O=C(O)C1Cn2c(n[nH]c2=O)CN1S(=O)(=O)Cc1cc(F)ccc1Cl. The lowest BCUT2D eigenvalue weighted by atomic mass is 10.2. The first-order valence-electron chi connectivity index (χ1n) is 6.99. The predicted molar refractivity (Wildman–Crippen MR) is 83.8 cm³/mol. The highest BCUT2D eigenvalue weighted by Gasteiger charge is 2.40. The number of nitrogens with one attached hydrogen (secondary N) is 1. The highest BCUT2D eigenvalue weighted by atomic mass is 35.5. The fourth-order valence-corrected chi connectivity index (χ4v) is 4.52. The van der Waals surface area contributed by atoms with E-state index in [-0.39, 0.29) is 23.0 Å². The number of hydrogen-bond donors (Lipinski definition) is 2. The Balaban J connectivity index is 1.98. The van der Waals surface area contributed by atoms with Crippen molar-refractivity contribution in [2.75, 3.05) is 0 Å². The van der Waals surface area contributed by atoms with E-state index in [2.05, 4.69) is 10.2 Å². The van der Waals surface area contributed by atoms with Crippen molar-refractivity contribution in [1.29, 1.82) is 0 Å². The van der Waals surface area contributed by atoms with Crippen molar-refractivity contribution in [3.8, 4) is 0 Å². The third-order valence-electron chi connectivity index (χ3n) is 3.83. The van der Waals surface area contributed by atoms with Gasteiger partial charge in [0.1, 0.15) is 17.7 Å². The zero-order valence-electron chi connectivity index (χ0n) is 12.5. The number of aromatic nitrogens is 3. The summed E-state index contributed by atoms with van der Waals surface area (Å²) >= 11 is 5.90. The standard InChI is InChI=1S/C13H12ClFN4O5S/c14-9-2-1-8(15)3-7(9)6-25(23,24)19-5-11-16-17-13(22)18(11)4-10(19)12(20)21/h1-3,10H,4-6H2,(H,17,22)(H,20,21). The molecule has 0 aliphatic carbocycles. The Bertz CT molecular complexity index is 1000. The van der Waals surface area contributed by atoms with E-state index in [0.29, 0.717) is 0 Å². The molecule has 0 radical (unpaired) electrons. The van der Waals surface area contributed by atoms with Crippen molar-refractivity contribution in [3.63, 3.8) is 0 Å². The Morgan fingerprint density at radius 3 is 2.88 bits per heavy atom. The molecule has 1 aliphatic heterocycles. The molecule has 2 N–H and O–H groups in total. The minimum Gasteiger partial charge on any atom is -0.480 e. The molecule has 0 saturated heterocycles. The lowest BCUT2D eigenvalue weighted by Gasteiger charge is -2.31. The number of carbonyl (C=O) groups is 1. The predicted octanol–water partition coefficient (Wildman–Crippen LogP) is 0.163. The minimum absolute atomic E-state index is 0.01000. The summed E-state index contributed by atoms with van der Waals surface area (Å²) in [5.41, 5.74) is -0.609. The number of sulfonamides is 1. The maximum atomic E-state index is 13.4. The van der Waals surface area contributed by atoms with Gasteiger partial charge in [-0.3, -0.25) is 9.36 Å². The van der Waals surface area contributed by atoms with Crippen LogP contribution in [0.25, 0.3) is 0 Å². The molecule has 1 atom stereocenters. The number of hydrogen-bond acceptors (Lipinski definition) is 5. The summed E-state index contributed by atoms with van der Waals surface area (Å²) in [5.74, 6) is -2.66. The zero-order valence-corrected chi connectivity index (χ0v) is 14.1. The maximum absolute atomic E-state index is 13.4. The van der Waals surface area contributed by atoms with E-state index >= 15 is 0 Å². The normalized spacial score (nSPS) is 18.1. The molecule has 2 aromatic rings. The molecule has 25 heavy (non-hydrogen) atoms. The van der Waals surface area contributed by atoms with Crippen molar-refractivity contribution in [2.45, 2.75) is 24.9 Å². The van der Waals surface area contributed by atoms with Gasteiger partial charge >= 0.3 is 11.7 Å². The van der Waals surface area contributed by atoms with Gasteiger partial charge in [0.2, 0.25) is 10.0 Å². The molecule has 3 rings (SSSR count). The van der Waals surface area contributed by atoms with Crippen LogP contribution in [0.1, 0.15) is 11.4 Å². The van der Waals surface area contributed by atoms with Crippen LogP contribution in [0.4, 0.5) is 4.39 Å². The van der Waals surface area contributed by atoms with Crippen LogP contribution in [0, 0.1) is 5.82 Å². The summed E-state index contributed by atoms with van der Waals surface area (Å²) in [6.45, 7) is -0.777. The summed E-state index contributed by atoms with van der Waals surface area (Å²) < 4.78 is 40.6. The molecule has 0 fully saturated rings. The monoisotopic (exact) mass is 390 g/mol. The highest BCUT2D eigenvalue weighted by Crippen LogP contribution is 2.25. The van der Waals surface area contributed by atoms with Gasteiger partial charge in [-0.15, -0.1) is 0 Å². The fourth-order valence-electron chi connectivity index (χ4n) is 2.60. The number of rotatable bonds is 4. The van der Waals surface area contributed by atoms with Crippen LogP contribution in [-0.4, -0.2) is 44.6 Å². The van der Waals surface area contributed by atoms with E-state index in [9.17, 15) is 27.5 Å². The largest absolute Gasteiger partial charge is 0.480 e. The van der Waals surface area contributed by atoms with E-state index in [0.717, 1.165) is 21.0 Å². The van der Waals surface area contributed by atoms with Gasteiger partial charge in [0.25, 0.3) is 0 Å². The van der Waals surface area contributed by atoms with E-state index in [1.807, 2.05) is 0 Å². The summed E-state index contributed by atoms with van der Waals surface area (Å²) in [7, 11) is -4.17. The van der Waals surface area contributed by atoms with Gasteiger partial charge in [-0.2, -0.15) is 9.40 Å². The second kappa shape index (κ2) is 6.24. The molecule has 1 aliphatic rings. The van der Waals surface area contributed by atoms with E-state index in [1.54, 1.807) is 0 Å². The summed E-state index contributed by atoms with van der Waals surface area (Å²) in [5, 5.41) is 15.2. The Labute approximate surface area is 145 Å². The van der Waals surface area contributed by atoms with Crippen LogP contribution in [-0.2, 0) is 33.7 Å². The number of aromatic amines is 1. The number of carboxylic acids is 1. The van der Waals surface area contributed by atoms with Gasteiger partial charge in [-0.1, -0.05) is 11.6 Å². The van der Waals surface area contributed by atoms with Crippen molar-refractivity contribution in [1.82, 2.24) is 19.1 Å². The first-order chi connectivity index (χ1) is 11.7. The smallest absolute Gasteiger partial charge is 0.343 e. The molecule has 1 aromatic heterocycles. The van der Waals surface area contributed by atoms with Gasteiger partial charge in [0.05, 0.1) is 18.8 Å². The number of carboxylic acid groups (broad SMARTS) is 1. The topological polar surface area (TPSA) is 125 Å². The van der Waals surface area contributed by atoms with Gasteiger partial charge < -0.3 is 5.11 Å². The van der Waals surface area contributed by atoms with Gasteiger partial charge in [0.15, 0.2) is 0 Å². The number of fused-ring (bicyclic) bond motifs is 1. The van der Waals surface area contributed by atoms with E-state index in [1.165, 1.54) is 6.07 Å². The molecule has 1 aromatic carbocycles. The number of halogens is 2. The number of aliphatic carboxylic acids is 1. The van der Waals surface area contributed by atoms with Crippen LogP contribution in [0.15, 0.2) is 23.0 Å². The van der Waals surface area contributed by atoms with E-state index < -0.39 is 45.8 Å². The molecular weight excluding hydrogens is 379 g/mol. The van der Waals surface area contributed by atoms with Crippen LogP contribution in [0.5, 0.6) is 0 Å². The lowest BCUT2D eigenvalue weighted by molar-refractivity contribution is -0.142. The second-order valence-electron chi connectivity index (χ2n) is 5.45. The average molecular weight is 391 g/mol. The van der Waals surface area contributed by atoms with Crippen LogP contribution < -0.4 is 5.69 Å². The average Bonchev–Trinajstić information content (AvgIpc) is 2.90. The van der Waals surface area contributed by atoms with Gasteiger partial charge in [-0.05, 0) is 23.8 Å². The minimum atomic E-state index is -4.17. The molecular formula is C13H12ClFN4O5S. The van der Waals surface area contributed by atoms with Gasteiger partial charge in [0, 0.05) is 5.02 Å².